The summed E-state index contributed by atoms with van der Waals surface area (Å²) in [6.07, 6.45) is 2.61. The first-order valence-corrected chi connectivity index (χ1v) is 8.73. The van der Waals surface area contributed by atoms with Crippen molar-refractivity contribution in [3.63, 3.8) is 0 Å². The topological polar surface area (TPSA) is 31.4 Å². The molecule has 1 N–H and O–H groups in total. The second-order valence-corrected chi connectivity index (χ2v) is 6.81. The van der Waals surface area contributed by atoms with Crippen molar-refractivity contribution in [1.82, 2.24) is 14.6 Å². The number of aromatic nitrogens is 1. The summed E-state index contributed by atoms with van der Waals surface area (Å²) in [5, 5.41) is 4.78. The minimum Gasteiger partial charge on any atom is -0.353 e. The van der Waals surface area contributed by atoms with Crippen LogP contribution in [0.25, 0.3) is 10.1 Å². The van der Waals surface area contributed by atoms with Crippen molar-refractivity contribution in [2.75, 3.05) is 44.2 Å². The molecule has 112 valence electrons. The second kappa shape index (κ2) is 5.91. The lowest BCUT2D eigenvalue weighted by molar-refractivity contribution is 0.153. The molecular weight excluding hydrogens is 280 g/mol. The van der Waals surface area contributed by atoms with Crippen LogP contribution < -0.4 is 10.2 Å². The Morgan fingerprint density at radius 1 is 1.05 bits per heavy atom. The number of benzene rings is 1. The summed E-state index contributed by atoms with van der Waals surface area (Å²) in [6, 6.07) is 9.38. The third-order valence-corrected chi connectivity index (χ3v) is 5.61. The Kier molecular flexibility index (Phi) is 3.80. The van der Waals surface area contributed by atoms with Crippen molar-refractivity contribution in [2.24, 2.45) is 0 Å². The van der Waals surface area contributed by atoms with Gasteiger partial charge in [-0.1, -0.05) is 12.1 Å². The first-order chi connectivity index (χ1) is 10.4. The molecule has 2 aliphatic heterocycles. The van der Waals surface area contributed by atoms with Gasteiger partial charge in [0, 0.05) is 37.6 Å². The van der Waals surface area contributed by atoms with E-state index in [9.17, 15) is 0 Å². The van der Waals surface area contributed by atoms with Gasteiger partial charge in [-0.3, -0.25) is 4.90 Å². The van der Waals surface area contributed by atoms with Gasteiger partial charge in [0.25, 0.3) is 0 Å². The highest BCUT2D eigenvalue weighted by Gasteiger charge is 2.26. The molecule has 1 aromatic carbocycles. The second-order valence-electron chi connectivity index (χ2n) is 6.01. The fourth-order valence-electron chi connectivity index (χ4n) is 3.57. The van der Waals surface area contributed by atoms with Gasteiger partial charge in [-0.25, -0.2) is 0 Å². The Balaban J connectivity index is 1.45. The molecule has 21 heavy (non-hydrogen) atoms. The molecule has 4 rings (SSSR count). The Hall–Kier alpha value is -1.17. The van der Waals surface area contributed by atoms with E-state index >= 15 is 0 Å². The lowest BCUT2D eigenvalue weighted by Crippen LogP contribution is -2.52. The van der Waals surface area contributed by atoms with Gasteiger partial charge in [0.15, 0.2) is 0 Å². The van der Waals surface area contributed by atoms with E-state index < -0.39 is 0 Å². The maximum Gasteiger partial charge on any atom is 0.150 e. The van der Waals surface area contributed by atoms with Gasteiger partial charge in [0.2, 0.25) is 0 Å². The molecule has 2 aromatic rings. The van der Waals surface area contributed by atoms with Crippen LogP contribution >= 0.6 is 11.5 Å². The van der Waals surface area contributed by atoms with Crippen LogP contribution in [-0.2, 0) is 0 Å². The quantitative estimate of drug-likeness (QED) is 0.921. The lowest BCUT2D eigenvalue weighted by atomic mass is 10.0. The van der Waals surface area contributed by atoms with Crippen molar-refractivity contribution >= 4 is 27.4 Å². The average molecular weight is 302 g/mol. The fraction of sp³-hybridized carbons (Fsp3) is 0.562. The maximum atomic E-state index is 4.70. The largest absolute Gasteiger partial charge is 0.353 e. The van der Waals surface area contributed by atoms with Crippen molar-refractivity contribution in [2.45, 2.75) is 18.9 Å². The number of anilines is 1. The third kappa shape index (κ3) is 2.65. The lowest BCUT2D eigenvalue weighted by Gasteiger charge is -2.41. The predicted molar refractivity (Wildman–Crippen MR) is 89.3 cm³/mol. The van der Waals surface area contributed by atoms with Gasteiger partial charge in [0.1, 0.15) is 5.82 Å². The Bertz CT molecular complexity index is 597. The van der Waals surface area contributed by atoms with Crippen LogP contribution in [0, 0.1) is 0 Å². The van der Waals surface area contributed by atoms with Gasteiger partial charge in [-0.15, -0.1) is 0 Å². The molecule has 0 radical (unpaired) electrons. The van der Waals surface area contributed by atoms with Crippen molar-refractivity contribution < 1.29 is 0 Å². The number of hydrogen-bond acceptors (Lipinski definition) is 5. The summed E-state index contributed by atoms with van der Waals surface area (Å²) in [7, 11) is 0. The molecule has 4 nitrogen and oxygen atoms in total. The molecule has 0 amide bonds. The normalized spacial score (nSPS) is 22.0. The van der Waals surface area contributed by atoms with Crippen molar-refractivity contribution in [1.29, 1.82) is 0 Å². The molecule has 2 aliphatic rings. The van der Waals surface area contributed by atoms with Crippen LogP contribution in [0.1, 0.15) is 12.8 Å². The monoisotopic (exact) mass is 302 g/mol. The highest BCUT2D eigenvalue weighted by atomic mass is 32.1. The Labute approximate surface area is 129 Å². The molecule has 5 heteroatoms. The molecule has 0 atom stereocenters. The van der Waals surface area contributed by atoms with Gasteiger partial charge in [-0.2, -0.15) is 4.37 Å². The standard InChI is InChI=1S/C16H22N4S/c1-2-4-15-14(3-1)16(18-21-15)20-11-9-19(10-12-20)13-5-7-17-8-6-13/h1-4,13,17H,5-12H2. The highest BCUT2D eigenvalue weighted by molar-refractivity contribution is 7.13. The van der Waals surface area contributed by atoms with Crippen LogP contribution in [0.4, 0.5) is 5.82 Å². The van der Waals surface area contributed by atoms with Crippen molar-refractivity contribution in [3.8, 4) is 0 Å². The SMILES string of the molecule is c1ccc2c(N3CCN(C4CCNCC4)CC3)nsc2c1. The third-order valence-electron chi connectivity index (χ3n) is 4.80. The van der Waals surface area contributed by atoms with Crippen LogP contribution in [0.3, 0.4) is 0 Å². The van der Waals surface area contributed by atoms with Crippen LogP contribution in [0.5, 0.6) is 0 Å². The minimum atomic E-state index is 0.792. The predicted octanol–water partition coefficient (Wildman–Crippen LogP) is 2.17. The Morgan fingerprint density at radius 3 is 2.62 bits per heavy atom. The molecule has 0 saturated carbocycles. The molecule has 0 unspecified atom stereocenters. The van der Waals surface area contributed by atoms with E-state index in [1.165, 1.54) is 54.9 Å². The zero-order valence-electron chi connectivity index (χ0n) is 12.3. The molecule has 2 saturated heterocycles. The molecular formula is C16H22N4S. The van der Waals surface area contributed by atoms with Gasteiger partial charge >= 0.3 is 0 Å². The molecule has 3 heterocycles. The zero-order valence-corrected chi connectivity index (χ0v) is 13.1. The summed E-state index contributed by atoms with van der Waals surface area (Å²) in [5.41, 5.74) is 0. The van der Waals surface area contributed by atoms with Crippen molar-refractivity contribution in [3.05, 3.63) is 24.3 Å². The smallest absolute Gasteiger partial charge is 0.150 e. The van der Waals surface area contributed by atoms with E-state index in [-0.39, 0.29) is 0 Å². The highest BCUT2D eigenvalue weighted by Crippen LogP contribution is 2.30. The van der Waals surface area contributed by atoms with Crippen LogP contribution in [0.15, 0.2) is 24.3 Å². The number of piperazine rings is 1. The summed E-state index contributed by atoms with van der Waals surface area (Å²) < 4.78 is 5.99. The van der Waals surface area contributed by atoms with E-state index in [1.54, 1.807) is 11.5 Å². The van der Waals surface area contributed by atoms with E-state index in [1.807, 2.05) is 0 Å². The molecule has 0 spiro atoms. The van der Waals surface area contributed by atoms with Gasteiger partial charge < -0.3 is 10.2 Å². The van der Waals surface area contributed by atoms with Crippen LogP contribution in [-0.4, -0.2) is 54.6 Å². The van der Waals surface area contributed by atoms with E-state index in [2.05, 4.69) is 39.4 Å². The van der Waals surface area contributed by atoms with E-state index in [0.717, 1.165) is 19.1 Å². The molecule has 0 bridgehead atoms. The number of rotatable bonds is 2. The number of hydrogen-bond donors (Lipinski definition) is 1. The number of fused-ring (bicyclic) bond motifs is 1. The van der Waals surface area contributed by atoms with Gasteiger partial charge in [0.05, 0.1) is 4.70 Å². The number of nitrogens with one attached hydrogen (secondary N) is 1. The molecule has 2 fully saturated rings. The first-order valence-electron chi connectivity index (χ1n) is 7.96. The summed E-state index contributed by atoms with van der Waals surface area (Å²) >= 11 is 1.62. The fourth-order valence-corrected chi connectivity index (χ4v) is 4.37. The average Bonchev–Trinajstić information content (AvgIpc) is 3.00. The maximum absolute atomic E-state index is 4.70. The summed E-state index contributed by atoms with van der Waals surface area (Å²) in [6.45, 7) is 6.94. The minimum absolute atomic E-state index is 0.792. The van der Waals surface area contributed by atoms with Crippen LogP contribution in [0.2, 0.25) is 0 Å². The zero-order chi connectivity index (χ0) is 14.1. The first kappa shape index (κ1) is 13.5. The molecule has 0 aliphatic carbocycles. The summed E-state index contributed by atoms with van der Waals surface area (Å²) in [5.74, 6) is 1.19. The van der Waals surface area contributed by atoms with Gasteiger partial charge in [-0.05, 0) is 49.6 Å². The number of piperidine rings is 1. The Morgan fingerprint density at radius 2 is 1.81 bits per heavy atom. The van der Waals surface area contributed by atoms with E-state index in [0.29, 0.717) is 0 Å². The summed E-state index contributed by atoms with van der Waals surface area (Å²) in [4.78, 5) is 5.16. The number of nitrogens with zero attached hydrogens (tertiary/aromatic N) is 3. The van der Waals surface area contributed by atoms with E-state index in [4.69, 9.17) is 4.37 Å². The molecule has 1 aromatic heterocycles.